The maximum Gasteiger partial charge on any atom is 2.00 e. The molecular formula is C38H51N7Pt. The fraction of sp³-hybridized carbons (Fsp3) is 0.447. The van der Waals surface area contributed by atoms with Crippen LogP contribution in [0.3, 0.4) is 0 Å². The number of aromatic nitrogens is 2. The van der Waals surface area contributed by atoms with Gasteiger partial charge >= 0.3 is 21.1 Å². The summed E-state index contributed by atoms with van der Waals surface area (Å²) >= 11 is 0. The standard InChI is InChI=1S/C20H39N2.C18H12N5.Pt/c1-3-4-5-6-7-8-9-10-11-12-13-14-15-16-17-22-19-18-21(2)20-22;1-2-8-14-13(7-1)17(21-15-9-3-5-11-19-15)23-18(14)22-16-10-4-6-12-20-16;/h18-20H,3-17H2,1-2H3;1-12H;/q2*-1;+2. The number of benzene rings is 1. The molecule has 0 spiro atoms. The summed E-state index contributed by atoms with van der Waals surface area (Å²) in [6.45, 7) is 5.64. The Labute approximate surface area is 292 Å². The van der Waals surface area contributed by atoms with Crippen LogP contribution in [0.5, 0.6) is 0 Å². The Bertz CT molecular complexity index is 1250. The maximum atomic E-state index is 4.57. The van der Waals surface area contributed by atoms with Crippen LogP contribution in [0.1, 0.15) is 108 Å². The molecule has 0 aliphatic carbocycles. The molecule has 46 heavy (non-hydrogen) atoms. The minimum atomic E-state index is 0. The third kappa shape index (κ3) is 13.6. The summed E-state index contributed by atoms with van der Waals surface area (Å²) in [6, 6.07) is 19.1. The topological polar surface area (TPSA) is 71.1 Å². The van der Waals surface area contributed by atoms with E-state index in [0.717, 1.165) is 11.1 Å². The maximum absolute atomic E-state index is 4.57. The van der Waals surface area contributed by atoms with Crippen LogP contribution in [0.25, 0.3) is 5.32 Å². The van der Waals surface area contributed by atoms with Crippen molar-refractivity contribution in [2.24, 2.45) is 9.98 Å². The van der Waals surface area contributed by atoms with Gasteiger partial charge in [0.15, 0.2) is 0 Å². The van der Waals surface area contributed by atoms with E-state index in [1.54, 1.807) is 12.4 Å². The van der Waals surface area contributed by atoms with Crippen molar-refractivity contribution in [2.75, 3.05) is 13.6 Å². The van der Waals surface area contributed by atoms with Crippen molar-refractivity contribution < 1.29 is 21.1 Å². The molecule has 3 aromatic rings. The molecule has 0 saturated carbocycles. The van der Waals surface area contributed by atoms with E-state index in [-0.39, 0.29) is 21.1 Å². The fourth-order valence-corrected chi connectivity index (χ4v) is 5.44. The Kier molecular flexibility index (Phi) is 18.0. The second-order valence-electron chi connectivity index (χ2n) is 11.8. The van der Waals surface area contributed by atoms with Crippen LogP contribution in [-0.2, 0) is 21.1 Å². The summed E-state index contributed by atoms with van der Waals surface area (Å²) < 4.78 is 0. The number of unbranched alkanes of at least 4 members (excludes halogenated alkanes) is 13. The Morgan fingerprint density at radius 3 is 1.48 bits per heavy atom. The molecule has 0 bridgehead atoms. The molecule has 5 rings (SSSR count). The minimum Gasteiger partial charge on any atom is -0.511 e. The molecule has 7 nitrogen and oxygen atoms in total. The SMILES string of the molecule is CCCCCCCCCCCCCCCCN1C=CN(C)[CH-]1.[Pt+2].c1ccc(/N=C2\[N-]/C(=N\c3ccccn3)c3ccccc32)nc1. The van der Waals surface area contributed by atoms with Crippen LogP contribution in [0.2, 0.25) is 0 Å². The first kappa shape index (κ1) is 37.1. The van der Waals surface area contributed by atoms with Crippen molar-refractivity contribution in [3.63, 3.8) is 0 Å². The van der Waals surface area contributed by atoms with E-state index < -0.39 is 0 Å². The van der Waals surface area contributed by atoms with Gasteiger partial charge in [0.2, 0.25) is 0 Å². The molecule has 2 aliphatic heterocycles. The molecule has 0 radical (unpaired) electrons. The van der Waals surface area contributed by atoms with Gasteiger partial charge in [-0.1, -0.05) is 127 Å². The molecule has 8 heteroatoms. The minimum absolute atomic E-state index is 0. The van der Waals surface area contributed by atoms with Crippen LogP contribution in [0.15, 0.2) is 95.4 Å². The Balaban J connectivity index is 0.000000246. The first-order valence-electron chi connectivity index (χ1n) is 17.0. The zero-order valence-corrected chi connectivity index (χ0v) is 30.0. The van der Waals surface area contributed by atoms with E-state index in [1.807, 2.05) is 60.7 Å². The number of hydrogen-bond acceptors (Lipinski definition) is 6. The summed E-state index contributed by atoms with van der Waals surface area (Å²) in [6.07, 6.45) is 27.8. The Hall–Kier alpha value is -3.31. The van der Waals surface area contributed by atoms with Crippen LogP contribution in [0, 0.1) is 6.67 Å². The zero-order valence-electron chi connectivity index (χ0n) is 27.7. The van der Waals surface area contributed by atoms with Crippen molar-refractivity contribution in [3.8, 4) is 0 Å². The van der Waals surface area contributed by atoms with Gasteiger partial charge < -0.3 is 25.1 Å². The van der Waals surface area contributed by atoms with Gasteiger partial charge in [-0.05, 0) is 67.8 Å². The smallest absolute Gasteiger partial charge is 0.511 e. The van der Waals surface area contributed by atoms with E-state index in [2.05, 4.69) is 68.1 Å². The van der Waals surface area contributed by atoms with Crippen LogP contribution < -0.4 is 0 Å². The first-order valence-corrected chi connectivity index (χ1v) is 17.0. The van der Waals surface area contributed by atoms with Crippen molar-refractivity contribution >= 4 is 23.3 Å². The van der Waals surface area contributed by atoms with Gasteiger partial charge in [-0.2, -0.15) is 6.67 Å². The van der Waals surface area contributed by atoms with Crippen LogP contribution in [-0.4, -0.2) is 45.0 Å². The van der Waals surface area contributed by atoms with Crippen LogP contribution >= 0.6 is 0 Å². The number of fused-ring (bicyclic) bond motifs is 1. The molecule has 4 heterocycles. The number of pyridine rings is 2. The molecule has 0 atom stereocenters. The fourth-order valence-electron chi connectivity index (χ4n) is 5.44. The van der Waals surface area contributed by atoms with Gasteiger partial charge in [0.25, 0.3) is 0 Å². The number of aliphatic imine (C=N–C) groups is 2. The molecule has 248 valence electrons. The van der Waals surface area contributed by atoms with E-state index >= 15 is 0 Å². The number of hydrogen-bond donors (Lipinski definition) is 0. The van der Waals surface area contributed by atoms with E-state index in [0.29, 0.717) is 23.3 Å². The quantitative estimate of drug-likeness (QED) is 0.101. The van der Waals surface area contributed by atoms with Gasteiger partial charge in [-0.25, -0.2) is 0 Å². The van der Waals surface area contributed by atoms with Gasteiger partial charge in [0.1, 0.15) is 0 Å². The molecule has 1 aromatic carbocycles. The number of rotatable bonds is 17. The number of amidine groups is 2. The van der Waals surface area contributed by atoms with Gasteiger partial charge in [-0.3, -0.25) is 9.97 Å². The normalized spacial score (nSPS) is 15.0. The van der Waals surface area contributed by atoms with E-state index in [4.69, 9.17) is 0 Å². The average molecular weight is 801 g/mol. The molecule has 0 unspecified atom stereocenters. The summed E-state index contributed by atoms with van der Waals surface area (Å²) in [5.41, 5.74) is 1.90. The Morgan fingerprint density at radius 1 is 0.609 bits per heavy atom. The van der Waals surface area contributed by atoms with Gasteiger partial charge in [0.05, 0.1) is 11.6 Å². The van der Waals surface area contributed by atoms with Crippen molar-refractivity contribution in [1.82, 2.24) is 19.8 Å². The molecular weight excluding hydrogens is 750 g/mol. The summed E-state index contributed by atoms with van der Waals surface area (Å²) in [5.74, 6) is 2.49. The van der Waals surface area contributed by atoms with E-state index in [9.17, 15) is 0 Å². The predicted octanol–water partition coefficient (Wildman–Crippen LogP) is 10.3. The third-order valence-corrected chi connectivity index (χ3v) is 7.95. The number of nitrogens with zero attached hydrogens (tertiary/aromatic N) is 7. The first-order chi connectivity index (χ1) is 22.2. The van der Waals surface area contributed by atoms with Gasteiger partial charge in [-0.15, -0.1) is 0 Å². The predicted molar refractivity (Wildman–Crippen MR) is 189 cm³/mol. The molecule has 0 fully saturated rings. The summed E-state index contributed by atoms with van der Waals surface area (Å²) in [5, 5.41) is 4.57. The molecule has 0 N–H and O–H groups in total. The van der Waals surface area contributed by atoms with Crippen molar-refractivity contribution in [3.05, 3.63) is 109 Å². The third-order valence-electron chi connectivity index (χ3n) is 7.95. The summed E-state index contributed by atoms with van der Waals surface area (Å²) in [7, 11) is 2.09. The Morgan fingerprint density at radius 2 is 1.07 bits per heavy atom. The molecule has 2 aliphatic rings. The second-order valence-corrected chi connectivity index (χ2v) is 11.8. The largest absolute Gasteiger partial charge is 2.00 e. The van der Waals surface area contributed by atoms with E-state index in [1.165, 1.54) is 96.4 Å². The molecule has 0 amide bonds. The monoisotopic (exact) mass is 800 g/mol. The summed E-state index contributed by atoms with van der Waals surface area (Å²) in [4.78, 5) is 21.9. The molecule has 0 saturated heterocycles. The van der Waals surface area contributed by atoms with Gasteiger partial charge in [0, 0.05) is 24.1 Å². The van der Waals surface area contributed by atoms with Crippen LogP contribution in [0.4, 0.5) is 11.6 Å². The second kappa shape index (κ2) is 22.3. The zero-order chi connectivity index (χ0) is 31.4. The van der Waals surface area contributed by atoms with Crippen molar-refractivity contribution in [1.29, 1.82) is 0 Å². The molecule has 2 aromatic heterocycles. The average Bonchev–Trinajstić information content (AvgIpc) is 3.65. The van der Waals surface area contributed by atoms with Crippen molar-refractivity contribution in [2.45, 2.75) is 96.8 Å².